The summed E-state index contributed by atoms with van der Waals surface area (Å²) in [4.78, 5) is 1.57. The van der Waals surface area contributed by atoms with E-state index >= 15 is 0 Å². The SMILES string of the molecule is CS(=O)(=O)NCCN(CCNS(C)(=O)=O)CNS(C)(=O)=O. The van der Waals surface area contributed by atoms with Crippen LogP contribution in [0.5, 0.6) is 0 Å². The molecular formula is C8H22N4O6S3. The van der Waals surface area contributed by atoms with Gasteiger partial charge in [0, 0.05) is 26.2 Å². The Balaban J connectivity index is 4.40. The van der Waals surface area contributed by atoms with Gasteiger partial charge in [-0.25, -0.2) is 39.4 Å². The minimum atomic E-state index is -3.40. The summed E-state index contributed by atoms with van der Waals surface area (Å²) in [6, 6.07) is 0. The lowest BCUT2D eigenvalue weighted by molar-refractivity contribution is 0.279. The zero-order valence-electron chi connectivity index (χ0n) is 12.2. The quantitative estimate of drug-likeness (QED) is 0.329. The first-order chi connectivity index (χ1) is 9.29. The molecule has 128 valence electrons. The molecule has 0 saturated heterocycles. The van der Waals surface area contributed by atoms with Crippen LogP contribution in [-0.4, -0.2) is 81.8 Å². The van der Waals surface area contributed by atoms with Gasteiger partial charge in [0.15, 0.2) is 0 Å². The minimum Gasteiger partial charge on any atom is -0.287 e. The van der Waals surface area contributed by atoms with Crippen molar-refractivity contribution >= 4 is 30.1 Å². The van der Waals surface area contributed by atoms with E-state index in [1.807, 2.05) is 0 Å². The highest BCUT2D eigenvalue weighted by Crippen LogP contribution is 1.88. The van der Waals surface area contributed by atoms with Crippen LogP contribution in [-0.2, 0) is 30.1 Å². The molecule has 0 atom stereocenters. The van der Waals surface area contributed by atoms with Crippen LogP contribution in [0.3, 0.4) is 0 Å². The predicted molar refractivity (Wildman–Crippen MR) is 80.1 cm³/mol. The van der Waals surface area contributed by atoms with Gasteiger partial charge >= 0.3 is 0 Å². The van der Waals surface area contributed by atoms with E-state index in [1.54, 1.807) is 4.90 Å². The maximum absolute atomic E-state index is 11.0. The van der Waals surface area contributed by atoms with Crippen LogP contribution >= 0.6 is 0 Å². The molecule has 21 heavy (non-hydrogen) atoms. The van der Waals surface area contributed by atoms with Gasteiger partial charge in [0.25, 0.3) is 0 Å². The van der Waals surface area contributed by atoms with E-state index in [4.69, 9.17) is 0 Å². The zero-order valence-corrected chi connectivity index (χ0v) is 14.6. The Bertz CT molecular complexity index is 574. The van der Waals surface area contributed by atoms with E-state index in [1.165, 1.54) is 0 Å². The maximum Gasteiger partial charge on any atom is 0.209 e. The fourth-order valence-electron chi connectivity index (χ4n) is 1.26. The molecule has 10 nitrogen and oxygen atoms in total. The van der Waals surface area contributed by atoms with Gasteiger partial charge in [-0.2, -0.15) is 0 Å². The predicted octanol–water partition coefficient (Wildman–Crippen LogP) is -3.11. The normalized spacial score (nSPS) is 13.7. The van der Waals surface area contributed by atoms with E-state index in [0.717, 1.165) is 18.8 Å². The largest absolute Gasteiger partial charge is 0.287 e. The van der Waals surface area contributed by atoms with Gasteiger partial charge in [-0.1, -0.05) is 0 Å². The third-order valence-electron chi connectivity index (χ3n) is 2.13. The van der Waals surface area contributed by atoms with Crippen molar-refractivity contribution in [2.24, 2.45) is 0 Å². The fourth-order valence-corrected chi connectivity index (χ4v) is 2.60. The van der Waals surface area contributed by atoms with Crippen molar-refractivity contribution in [1.82, 2.24) is 19.1 Å². The Labute approximate surface area is 126 Å². The maximum atomic E-state index is 11.0. The van der Waals surface area contributed by atoms with Crippen LogP contribution in [0, 0.1) is 0 Å². The van der Waals surface area contributed by atoms with Gasteiger partial charge in [0.1, 0.15) is 0 Å². The number of nitrogens with one attached hydrogen (secondary N) is 3. The average Bonchev–Trinajstić information content (AvgIpc) is 2.20. The Morgan fingerprint density at radius 3 is 1.29 bits per heavy atom. The Morgan fingerprint density at radius 1 is 0.667 bits per heavy atom. The van der Waals surface area contributed by atoms with Gasteiger partial charge in [-0.3, -0.25) is 4.90 Å². The average molecular weight is 366 g/mol. The molecule has 0 aromatic heterocycles. The molecule has 0 aromatic rings. The molecule has 0 amide bonds. The first-order valence-electron chi connectivity index (χ1n) is 5.85. The summed E-state index contributed by atoms with van der Waals surface area (Å²) >= 11 is 0. The van der Waals surface area contributed by atoms with Crippen molar-refractivity contribution in [3.05, 3.63) is 0 Å². The molecule has 0 aromatic carbocycles. The highest BCUT2D eigenvalue weighted by atomic mass is 32.2. The van der Waals surface area contributed by atoms with Crippen LogP contribution in [0.4, 0.5) is 0 Å². The Morgan fingerprint density at radius 2 is 1.00 bits per heavy atom. The lowest BCUT2D eigenvalue weighted by Crippen LogP contribution is -2.44. The van der Waals surface area contributed by atoms with Crippen LogP contribution in [0.15, 0.2) is 0 Å². The van der Waals surface area contributed by atoms with Gasteiger partial charge in [-0.05, 0) is 0 Å². The number of hydrogen-bond acceptors (Lipinski definition) is 7. The van der Waals surface area contributed by atoms with Crippen LogP contribution in [0.25, 0.3) is 0 Å². The first kappa shape index (κ1) is 20.7. The summed E-state index contributed by atoms with van der Waals surface area (Å²) in [5.41, 5.74) is 0. The fraction of sp³-hybridized carbons (Fsp3) is 1.00. The van der Waals surface area contributed by atoms with Crippen molar-refractivity contribution in [3.63, 3.8) is 0 Å². The molecular weight excluding hydrogens is 344 g/mol. The highest BCUT2D eigenvalue weighted by molar-refractivity contribution is 7.89. The van der Waals surface area contributed by atoms with Crippen LogP contribution < -0.4 is 14.2 Å². The summed E-state index contributed by atoms with van der Waals surface area (Å²) in [7, 11) is -10.1. The number of nitrogens with zero attached hydrogens (tertiary/aromatic N) is 1. The van der Waals surface area contributed by atoms with E-state index in [-0.39, 0.29) is 32.8 Å². The molecule has 0 fully saturated rings. The second-order valence-corrected chi connectivity index (χ2v) is 10.0. The second-order valence-electron chi connectivity index (χ2n) is 4.53. The van der Waals surface area contributed by atoms with Gasteiger partial charge in [0.05, 0.1) is 25.4 Å². The molecule has 0 rings (SSSR count). The molecule has 0 radical (unpaired) electrons. The minimum absolute atomic E-state index is 0.0459. The van der Waals surface area contributed by atoms with E-state index < -0.39 is 30.1 Å². The van der Waals surface area contributed by atoms with E-state index in [2.05, 4.69) is 14.2 Å². The van der Waals surface area contributed by atoms with E-state index in [0.29, 0.717) is 0 Å². The molecule has 0 heterocycles. The standard InChI is InChI=1S/C8H22N4O6S3/c1-19(13,14)9-4-6-12(8-11-21(3,17)18)7-5-10-20(2,15)16/h9-11H,4-8H2,1-3H3. The third kappa shape index (κ3) is 15.9. The molecule has 0 saturated carbocycles. The number of sulfonamides is 3. The summed E-state index contributed by atoms with van der Waals surface area (Å²) < 4.78 is 72.7. The molecule has 0 aliphatic carbocycles. The summed E-state index contributed by atoms with van der Waals surface area (Å²) in [5.74, 6) is 0. The van der Waals surface area contributed by atoms with Crippen molar-refractivity contribution < 1.29 is 25.3 Å². The van der Waals surface area contributed by atoms with Crippen molar-refractivity contribution in [2.45, 2.75) is 0 Å². The molecule has 0 unspecified atom stereocenters. The van der Waals surface area contributed by atoms with Gasteiger partial charge in [-0.15, -0.1) is 0 Å². The summed E-state index contributed by atoms with van der Waals surface area (Å²) in [6.07, 6.45) is 3.02. The topological polar surface area (TPSA) is 142 Å². The molecule has 13 heteroatoms. The monoisotopic (exact) mass is 366 g/mol. The lowest BCUT2D eigenvalue weighted by atomic mass is 10.5. The summed E-state index contributed by atoms with van der Waals surface area (Å²) in [5, 5.41) is 0. The van der Waals surface area contributed by atoms with Crippen LogP contribution in [0.1, 0.15) is 0 Å². The number of rotatable bonds is 11. The molecule has 0 aliphatic rings. The van der Waals surface area contributed by atoms with Gasteiger partial charge in [0.2, 0.25) is 30.1 Å². The lowest BCUT2D eigenvalue weighted by Gasteiger charge is -2.22. The Kier molecular flexibility index (Phi) is 8.23. The van der Waals surface area contributed by atoms with Gasteiger partial charge < -0.3 is 0 Å². The number of hydrogen-bond donors (Lipinski definition) is 3. The van der Waals surface area contributed by atoms with Crippen molar-refractivity contribution in [3.8, 4) is 0 Å². The Hall–Kier alpha value is -0.310. The van der Waals surface area contributed by atoms with E-state index in [9.17, 15) is 25.3 Å². The van der Waals surface area contributed by atoms with Crippen molar-refractivity contribution in [1.29, 1.82) is 0 Å². The molecule has 0 aliphatic heterocycles. The smallest absolute Gasteiger partial charge is 0.209 e. The third-order valence-corrected chi connectivity index (χ3v) is 4.25. The molecule has 3 N–H and O–H groups in total. The van der Waals surface area contributed by atoms with Crippen molar-refractivity contribution in [2.75, 3.05) is 51.6 Å². The molecule has 0 spiro atoms. The summed E-state index contributed by atoms with van der Waals surface area (Å²) in [6.45, 7) is 0.573. The zero-order chi connectivity index (χ0) is 16.7. The first-order valence-corrected chi connectivity index (χ1v) is 11.5. The highest BCUT2D eigenvalue weighted by Gasteiger charge is 2.10. The second kappa shape index (κ2) is 8.36. The molecule has 0 bridgehead atoms. The van der Waals surface area contributed by atoms with Crippen LogP contribution in [0.2, 0.25) is 0 Å².